The summed E-state index contributed by atoms with van der Waals surface area (Å²) in [5, 5.41) is 13.2. The van der Waals surface area contributed by atoms with Crippen molar-refractivity contribution in [3.05, 3.63) is 107 Å². The van der Waals surface area contributed by atoms with Crippen molar-refractivity contribution in [1.82, 2.24) is 29.9 Å². The second-order valence-corrected chi connectivity index (χ2v) is 10.8. The van der Waals surface area contributed by atoms with Gasteiger partial charge in [-0.1, -0.05) is 26.0 Å². The van der Waals surface area contributed by atoms with E-state index in [2.05, 4.69) is 34.1 Å². The highest BCUT2D eigenvalue weighted by Crippen LogP contribution is 2.69. The van der Waals surface area contributed by atoms with Crippen molar-refractivity contribution < 1.29 is 17.6 Å². The minimum Gasteiger partial charge on any atom is -0.220 e. The molecule has 10 heteroatoms. The second-order valence-electron chi connectivity index (χ2n) is 10.8. The predicted octanol–water partition coefficient (Wildman–Crippen LogP) is 6.55. The largest absolute Gasteiger partial charge is 0.250 e. The van der Waals surface area contributed by atoms with Gasteiger partial charge in [0.05, 0.1) is 33.8 Å². The summed E-state index contributed by atoms with van der Waals surface area (Å²) in [5.74, 6) is -2.97. The summed E-state index contributed by atoms with van der Waals surface area (Å²) in [4.78, 5) is 9.26. The molecule has 2 aliphatic rings. The monoisotopic (exact) mass is 542 g/mol. The summed E-state index contributed by atoms with van der Waals surface area (Å²) < 4.78 is 58.7. The first kappa shape index (κ1) is 24.6. The van der Waals surface area contributed by atoms with E-state index in [1.54, 1.807) is 24.5 Å². The van der Waals surface area contributed by atoms with Crippen LogP contribution in [0.1, 0.15) is 49.6 Å². The maximum Gasteiger partial charge on any atom is 0.250 e. The maximum absolute atomic E-state index is 14.6. The number of rotatable bonds is 4. The normalized spacial score (nSPS) is 20.6. The maximum atomic E-state index is 14.6. The van der Waals surface area contributed by atoms with Gasteiger partial charge < -0.3 is 0 Å². The van der Waals surface area contributed by atoms with Crippen LogP contribution < -0.4 is 0 Å². The molecule has 3 heterocycles. The zero-order chi connectivity index (χ0) is 27.8. The van der Waals surface area contributed by atoms with Crippen molar-refractivity contribution in [2.45, 2.75) is 38.0 Å². The molecule has 0 aliphatic heterocycles. The first-order chi connectivity index (χ1) is 19.2. The Kier molecular flexibility index (Phi) is 5.23. The molecule has 2 aliphatic carbocycles. The van der Waals surface area contributed by atoms with E-state index >= 15 is 0 Å². The Labute approximate surface area is 226 Å². The number of hydrogen-bond acceptors (Lipinski definition) is 5. The Morgan fingerprint density at radius 3 is 2.42 bits per heavy atom. The van der Waals surface area contributed by atoms with Crippen molar-refractivity contribution in [3.63, 3.8) is 0 Å². The van der Waals surface area contributed by atoms with E-state index in [9.17, 15) is 17.6 Å². The molecule has 2 bridgehead atoms. The van der Waals surface area contributed by atoms with Crippen LogP contribution in [0.4, 0.5) is 17.6 Å². The van der Waals surface area contributed by atoms with Gasteiger partial charge in [0, 0.05) is 18.0 Å². The standard InChI is InChI=1S/C30H22F4N6/c1-29(2)18-9-12-30(29,27-17(18)15-23(37-38-27)25-19(31)6-4-7-20(25)32)24-10-13-35-28(36-24)40-14-11-22(39-40)16-5-3-8-21(33)26(16)34/h3-8,10-11,13-15,18H,9,12H2,1-2H3/t18-,30+/m0/s1. The summed E-state index contributed by atoms with van der Waals surface area (Å²) in [6.07, 6.45) is 4.83. The molecule has 3 aromatic heterocycles. The second kappa shape index (κ2) is 8.51. The number of aromatic nitrogens is 6. The lowest BCUT2D eigenvalue weighted by atomic mass is 9.66. The van der Waals surface area contributed by atoms with Gasteiger partial charge in [-0.15, -0.1) is 5.10 Å². The van der Waals surface area contributed by atoms with E-state index in [0.717, 1.165) is 35.9 Å². The number of fused-ring (bicyclic) bond motifs is 5. The first-order valence-electron chi connectivity index (χ1n) is 12.9. The number of nitrogens with zero attached hydrogens (tertiary/aromatic N) is 6. The van der Waals surface area contributed by atoms with Crippen LogP contribution >= 0.6 is 0 Å². The smallest absolute Gasteiger partial charge is 0.220 e. The minimum atomic E-state index is -0.976. The molecule has 0 spiro atoms. The molecule has 0 unspecified atom stereocenters. The number of benzene rings is 2. The number of halogens is 4. The fourth-order valence-electron chi connectivity index (χ4n) is 6.73. The van der Waals surface area contributed by atoms with Gasteiger partial charge >= 0.3 is 0 Å². The Hall–Kier alpha value is -4.47. The average Bonchev–Trinajstić information content (AvgIpc) is 3.58. The highest BCUT2D eigenvalue weighted by molar-refractivity contribution is 5.64. The van der Waals surface area contributed by atoms with Gasteiger partial charge in [-0.05, 0) is 72.2 Å². The summed E-state index contributed by atoms with van der Waals surface area (Å²) in [6.45, 7) is 4.30. The third-order valence-corrected chi connectivity index (χ3v) is 8.70. The third-order valence-electron chi connectivity index (χ3n) is 8.70. The van der Waals surface area contributed by atoms with E-state index in [1.807, 2.05) is 6.07 Å². The van der Waals surface area contributed by atoms with Crippen LogP contribution in [-0.2, 0) is 5.41 Å². The third kappa shape index (κ3) is 3.25. The molecule has 0 N–H and O–H groups in total. The molecule has 1 saturated carbocycles. The van der Waals surface area contributed by atoms with Crippen LogP contribution in [-0.4, -0.2) is 29.9 Å². The van der Waals surface area contributed by atoms with Gasteiger partial charge in [0.2, 0.25) is 0 Å². The van der Waals surface area contributed by atoms with E-state index in [1.165, 1.54) is 35.0 Å². The van der Waals surface area contributed by atoms with Crippen LogP contribution in [0.25, 0.3) is 28.5 Å². The van der Waals surface area contributed by atoms with Crippen molar-refractivity contribution >= 4 is 0 Å². The molecular formula is C30H22F4N6. The lowest BCUT2D eigenvalue weighted by Crippen LogP contribution is -2.38. The Morgan fingerprint density at radius 1 is 0.875 bits per heavy atom. The van der Waals surface area contributed by atoms with Gasteiger partial charge in [0.1, 0.15) is 11.6 Å². The molecular weight excluding hydrogens is 520 g/mol. The SMILES string of the molecule is CC1(C)[C@H]2CC[C@@]1(c1ccnc(-n3ccc(-c4cccc(F)c4F)n3)n1)c1nnc(-c3c(F)cccc3F)cc12. The van der Waals surface area contributed by atoms with Crippen molar-refractivity contribution in [1.29, 1.82) is 0 Å². The Bertz CT molecular complexity index is 1800. The first-order valence-corrected chi connectivity index (χ1v) is 12.9. The van der Waals surface area contributed by atoms with Crippen molar-refractivity contribution in [2.24, 2.45) is 5.41 Å². The molecule has 0 radical (unpaired) electrons. The molecule has 40 heavy (non-hydrogen) atoms. The minimum absolute atomic E-state index is 0.0374. The topological polar surface area (TPSA) is 69.4 Å². The molecule has 6 nitrogen and oxygen atoms in total. The molecule has 0 amide bonds. The van der Waals surface area contributed by atoms with Crippen LogP contribution in [0.2, 0.25) is 0 Å². The van der Waals surface area contributed by atoms with E-state index in [4.69, 9.17) is 4.98 Å². The van der Waals surface area contributed by atoms with E-state index in [0.29, 0.717) is 0 Å². The summed E-state index contributed by atoms with van der Waals surface area (Å²) >= 11 is 0. The van der Waals surface area contributed by atoms with Crippen LogP contribution in [0.15, 0.2) is 67.0 Å². The van der Waals surface area contributed by atoms with Crippen LogP contribution in [0.5, 0.6) is 0 Å². The quantitative estimate of drug-likeness (QED) is 0.241. The van der Waals surface area contributed by atoms with E-state index < -0.39 is 28.7 Å². The molecule has 5 aromatic rings. The zero-order valence-electron chi connectivity index (χ0n) is 21.5. The molecule has 200 valence electrons. The molecule has 2 atom stereocenters. The average molecular weight is 543 g/mol. The zero-order valence-corrected chi connectivity index (χ0v) is 21.5. The summed E-state index contributed by atoms with van der Waals surface area (Å²) in [7, 11) is 0. The highest BCUT2D eigenvalue weighted by Gasteiger charge is 2.65. The molecule has 1 fully saturated rings. The Balaban J connectivity index is 1.32. The van der Waals surface area contributed by atoms with Crippen LogP contribution in [0, 0.1) is 28.7 Å². The van der Waals surface area contributed by atoms with Gasteiger partial charge in [-0.2, -0.15) is 10.2 Å². The number of hydrogen-bond donors (Lipinski definition) is 0. The van der Waals surface area contributed by atoms with Crippen LogP contribution in [0.3, 0.4) is 0 Å². The molecule has 7 rings (SSSR count). The Morgan fingerprint density at radius 2 is 1.62 bits per heavy atom. The summed E-state index contributed by atoms with van der Waals surface area (Å²) in [6, 6.07) is 12.8. The van der Waals surface area contributed by atoms with Gasteiger partial charge in [-0.25, -0.2) is 32.2 Å². The molecule has 2 aromatic carbocycles. The fourth-order valence-corrected chi connectivity index (χ4v) is 6.73. The molecule has 0 saturated heterocycles. The highest BCUT2D eigenvalue weighted by atomic mass is 19.2. The lowest BCUT2D eigenvalue weighted by molar-refractivity contribution is 0.242. The van der Waals surface area contributed by atoms with Crippen molar-refractivity contribution in [3.8, 4) is 28.5 Å². The lowest BCUT2D eigenvalue weighted by Gasteiger charge is -2.37. The van der Waals surface area contributed by atoms with Gasteiger partial charge in [-0.3, -0.25) is 0 Å². The predicted molar refractivity (Wildman–Crippen MR) is 138 cm³/mol. The van der Waals surface area contributed by atoms with Gasteiger partial charge in [0.15, 0.2) is 11.6 Å². The fraction of sp³-hybridized carbons (Fsp3) is 0.233. The van der Waals surface area contributed by atoms with E-state index in [-0.39, 0.29) is 39.8 Å². The summed E-state index contributed by atoms with van der Waals surface area (Å²) in [5.41, 5.74) is 1.67. The van der Waals surface area contributed by atoms with Crippen molar-refractivity contribution in [2.75, 3.05) is 0 Å². The van der Waals surface area contributed by atoms with Gasteiger partial charge in [0.25, 0.3) is 5.95 Å².